The number of phenolic OH excluding ortho intramolecular Hbond substituents is 1. The summed E-state index contributed by atoms with van der Waals surface area (Å²) in [5.41, 5.74) is 0.157. The fourth-order valence-electron chi connectivity index (χ4n) is 1.66. The molecule has 8 heteroatoms. The Labute approximate surface area is 129 Å². The van der Waals surface area contributed by atoms with E-state index in [0.29, 0.717) is 0 Å². The summed E-state index contributed by atoms with van der Waals surface area (Å²) >= 11 is 3.01. The molecule has 2 rings (SSSR count). The number of anilines is 1. The maximum Gasteiger partial charge on any atom is 0.263 e. The molecule has 0 bridgehead atoms. The maximum atomic E-state index is 13.0. The topological polar surface area (TPSA) is 75.6 Å². The first-order chi connectivity index (χ1) is 9.83. The van der Waals surface area contributed by atoms with Crippen molar-refractivity contribution in [2.75, 3.05) is 11.8 Å². The maximum absolute atomic E-state index is 13.0. The molecule has 112 valence electrons. The number of hydrogen-bond acceptors (Lipinski definition) is 4. The summed E-state index contributed by atoms with van der Waals surface area (Å²) in [4.78, 5) is -0.112. The standard InChI is InChI=1S/C13H11BrFNO4S/c1-20-12-4-3-9(7-11(12)17)16-21(18,19)13-5-2-8(15)6-10(13)14/h2-7,16-17H,1H3. The molecule has 0 aliphatic carbocycles. The molecule has 0 spiro atoms. The number of benzene rings is 2. The number of nitrogens with one attached hydrogen (secondary N) is 1. The molecule has 0 fully saturated rings. The third-order valence-corrected chi connectivity index (χ3v) is 4.97. The highest BCUT2D eigenvalue weighted by Crippen LogP contribution is 2.30. The molecule has 0 unspecified atom stereocenters. The third kappa shape index (κ3) is 3.45. The first-order valence-corrected chi connectivity index (χ1v) is 7.96. The van der Waals surface area contributed by atoms with Gasteiger partial charge in [-0.15, -0.1) is 0 Å². The van der Waals surface area contributed by atoms with E-state index in [2.05, 4.69) is 20.7 Å². The van der Waals surface area contributed by atoms with Crippen LogP contribution in [0.1, 0.15) is 0 Å². The molecule has 0 saturated carbocycles. The van der Waals surface area contributed by atoms with E-state index < -0.39 is 15.8 Å². The lowest BCUT2D eigenvalue weighted by Crippen LogP contribution is -2.13. The van der Waals surface area contributed by atoms with Crippen molar-refractivity contribution in [1.29, 1.82) is 0 Å². The molecule has 0 aromatic heterocycles. The molecular formula is C13H11BrFNO4S. The number of phenols is 1. The van der Waals surface area contributed by atoms with E-state index in [-0.39, 0.29) is 26.6 Å². The van der Waals surface area contributed by atoms with Gasteiger partial charge in [0.1, 0.15) is 10.7 Å². The third-order valence-electron chi connectivity index (χ3n) is 2.61. The predicted octanol–water partition coefficient (Wildman–Crippen LogP) is 3.10. The van der Waals surface area contributed by atoms with E-state index in [0.717, 1.165) is 18.2 Å². The summed E-state index contributed by atoms with van der Waals surface area (Å²) in [7, 11) is -2.53. The Morgan fingerprint density at radius 3 is 2.52 bits per heavy atom. The van der Waals surface area contributed by atoms with Gasteiger partial charge in [0.25, 0.3) is 10.0 Å². The van der Waals surface area contributed by atoms with Crippen molar-refractivity contribution in [2.24, 2.45) is 0 Å². The molecule has 0 heterocycles. The van der Waals surface area contributed by atoms with E-state index in [1.807, 2.05) is 0 Å². The molecular weight excluding hydrogens is 365 g/mol. The highest BCUT2D eigenvalue weighted by atomic mass is 79.9. The Morgan fingerprint density at radius 1 is 1.24 bits per heavy atom. The van der Waals surface area contributed by atoms with Crippen molar-refractivity contribution in [3.05, 3.63) is 46.7 Å². The van der Waals surface area contributed by atoms with Crippen molar-refractivity contribution in [3.8, 4) is 11.5 Å². The van der Waals surface area contributed by atoms with E-state index in [1.165, 1.54) is 25.3 Å². The Kier molecular flexibility index (Phi) is 4.38. The lowest BCUT2D eigenvalue weighted by atomic mass is 10.3. The van der Waals surface area contributed by atoms with Crippen LogP contribution in [0.4, 0.5) is 10.1 Å². The number of methoxy groups -OCH3 is 1. The van der Waals surface area contributed by atoms with Gasteiger partial charge in [-0.25, -0.2) is 12.8 Å². The van der Waals surface area contributed by atoms with Crippen LogP contribution in [0.5, 0.6) is 11.5 Å². The molecule has 0 amide bonds. The lowest BCUT2D eigenvalue weighted by Gasteiger charge is -2.11. The van der Waals surface area contributed by atoms with Gasteiger partial charge in [-0.2, -0.15) is 0 Å². The molecule has 2 aromatic rings. The monoisotopic (exact) mass is 375 g/mol. The van der Waals surface area contributed by atoms with Crippen LogP contribution in [0.3, 0.4) is 0 Å². The summed E-state index contributed by atoms with van der Waals surface area (Å²) in [5, 5.41) is 9.63. The van der Waals surface area contributed by atoms with Crippen molar-refractivity contribution in [3.63, 3.8) is 0 Å². The van der Waals surface area contributed by atoms with Gasteiger partial charge < -0.3 is 9.84 Å². The van der Waals surface area contributed by atoms with Gasteiger partial charge in [0.2, 0.25) is 0 Å². The molecule has 2 aromatic carbocycles. The van der Waals surface area contributed by atoms with Crippen LogP contribution in [-0.2, 0) is 10.0 Å². The van der Waals surface area contributed by atoms with Gasteiger partial charge in [-0.3, -0.25) is 4.72 Å². The average Bonchev–Trinajstić information content (AvgIpc) is 2.37. The van der Waals surface area contributed by atoms with E-state index >= 15 is 0 Å². The normalized spacial score (nSPS) is 11.2. The smallest absolute Gasteiger partial charge is 0.263 e. The minimum absolute atomic E-state index is 0.104. The molecule has 21 heavy (non-hydrogen) atoms. The van der Waals surface area contributed by atoms with Crippen molar-refractivity contribution >= 4 is 31.6 Å². The molecule has 5 nitrogen and oxygen atoms in total. The SMILES string of the molecule is COc1ccc(NS(=O)(=O)c2ccc(F)cc2Br)cc1O. The van der Waals surface area contributed by atoms with E-state index in [4.69, 9.17) is 4.74 Å². The first kappa shape index (κ1) is 15.6. The number of halogens is 2. The molecule has 0 saturated heterocycles. The summed E-state index contributed by atoms with van der Waals surface area (Å²) in [6, 6.07) is 7.32. The lowest BCUT2D eigenvalue weighted by molar-refractivity contribution is 0.373. The van der Waals surface area contributed by atoms with Crippen molar-refractivity contribution < 1.29 is 22.7 Å². The minimum Gasteiger partial charge on any atom is -0.504 e. The Bertz CT molecular complexity index is 780. The first-order valence-electron chi connectivity index (χ1n) is 5.68. The predicted molar refractivity (Wildman–Crippen MR) is 79.6 cm³/mol. The largest absolute Gasteiger partial charge is 0.504 e. The van der Waals surface area contributed by atoms with Gasteiger partial charge in [-0.1, -0.05) is 0 Å². The summed E-state index contributed by atoms with van der Waals surface area (Å²) in [6.45, 7) is 0. The second kappa shape index (κ2) is 5.90. The van der Waals surface area contributed by atoms with Crippen LogP contribution in [0.25, 0.3) is 0 Å². The Morgan fingerprint density at radius 2 is 1.95 bits per heavy atom. The van der Waals surface area contributed by atoms with E-state index in [9.17, 15) is 17.9 Å². The van der Waals surface area contributed by atoms with Crippen LogP contribution >= 0.6 is 15.9 Å². The second-order valence-electron chi connectivity index (χ2n) is 4.07. The zero-order chi connectivity index (χ0) is 15.6. The molecule has 0 radical (unpaired) electrons. The highest BCUT2D eigenvalue weighted by Gasteiger charge is 2.18. The van der Waals surface area contributed by atoms with Gasteiger partial charge >= 0.3 is 0 Å². The number of sulfonamides is 1. The van der Waals surface area contributed by atoms with Crippen molar-refractivity contribution in [1.82, 2.24) is 0 Å². The Balaban J connectivity index is 2.35. The summed E-state index contributed by atoms with van der Waals surface area (Å²) in [5.74, 6) is -0.528. The fourth-order valence-corrected chi connectivity index (χ4v) is 3.76. The number of rotatable bonds is 4. The zero-order valence-corrected chi connectivity index (χ0v) is 13.2. The Hall–Kier alpha value is -1.80. The number of aromatic hydroxyl groups is 1. The van der Waals surface area contributed by atoms with Gasteiger partial charge in [0, 0.05) is 10.5 Å². The van der Waals surface area contributed by atoms with Gasteiger partial charge in [0.15, 0.2) is 11.5 Å². The minimum atomic E-state index is -3.91. The highest BCUT2D eigenvalue weighted by molar-refractivity contribution is 9.10. The average molecular weight is 376 g/mol. The number of ether oxygens (including phenoxy) is 1. The van der Waals surface area contributed by atoms with Gasteiger partial charge in [-0.05, 0) is 46.3 Å². The quantitative estimate of drug-likeness (QED) is 0.860. The molecule has 0 aliphatic rings. The van der Waals surface area contributed by atoms with Crippen LogP contribution in [0.15, 0.2) is 45.8 Å². The number of hydrogen-bond donors (Lipinski definition) is 2. The summed E-state index contributed by atoms with van der Waals surface area (Å²) in [6.07, 6.45) is 0. The van der Waals surface area contributed by atoms with Crippen LogP contribution < -0.4 is 9.46 Å². The molecule has 0 atom stereocenters. The second-order valence-corrected chi connectivity index (χ2v) is 6.57. The van der Waals surface area contributed by atoms with Crippen LogP contribution in [-0.4, -0.2) is 20.6 Å². The summed E-state index contributed by atoms with van der Waals surface area (Å²) < 4.78 is 44.7. The molecule has 0 aliphatic heterocycles. The fraction of sp³-hybridized carbons (Fsp3) is 0.0769. The van der Waals surface area contributed by atoms with Crippen molar-refractivity contribution in [2.45, 2.75) is 4.90 Å². The zero-order valence-electron chi connectivity index (χ0n) is 10.8. The van der Waals surface area contributed by atoms with Gasteiger partial charge in [0.05, 0.1) is 12.8 Å². The van der Waals surface area contributed by atoms with E-state index in [1.54, 1.807) is 0 Å². The molecule has 2 N–H and O–H groups in total. The van der Waals surface area contributed by atoms with Crippen LogP contribution in [0.2, 0.25) is 0 Å². The van der Waals surface area contributed by atoms with Crippen LogP contribution in [0, 0.1) is 5.82 Å².